The number of carbonyl (C=O) groups excluding carboxylic acids is 1. The summed E-state index contributed by atoms with van der Waals surface area (Å²) in [6.45, 7) is -0.217. The van der Waals surface area contributed by atoms with Gasteiger partial charge in [-0.15, -0.1) is 0 Å². The molecule has 2 aliphatic heterocycles. The number of nitrogens with zero attached hydrogens (tertiary/aromatic N) is 6. The first-order chi connectivity index (χ1) is 18.5. The Bertz CT molecular complexity index is 1390. The van der Waals surface area contributed by atoms with Crippen LogP contribution in [0, 0.1) is 5.92 Å². The predicted molar refractivity (Wildman–Crippen MR) is 131 cm³/mol. The maximum absolute atomic E-state index is 14.1. The van der Waals surface area contributed by atoms with Crippen LogP contribution in [0.15, 0.2) is 18.5 Å². The summed E-state index contributed by atoms with van der Waals surface area (Å²) < 4.78 is 74.4. The number of carbonyl (C=O) groups is 1. The summed E-state index contributed by atoms with van der Waals surface area (Å²) in [7, 11) is 1.60. The fraction of sp³-hybridized carbons (Fsp3) is 0.583. The summed E-state index contributed by atoms with van der Waals surface area (Å²) in [6, 6.07) is 0.772. The van der Waals surface area contributed by atoms with Gasteiger partial charge in [-0.05, 0) is 25.3 Å². The molecular formula is C24H27F5N8O2. The van der Waals surface area contributed by atoms with Crippen molar-refractivity contribution in [3.63, 3.8) is 0 Å². The van der Waals surface area contributed by atoms with E-state index in [2.05, 4.69) is 25.6 Å². The van der Waals surface area contributed by atoms with Gasteiger partial charge in [0.1, 0.15) is 12.2 Å². The van der Waals surface area contributed by atoms with Crippen molar-refractivity contribution in [3.8, 4) is 11.4 Å². The Morgan fingerprint density at radius 1 is 1.21 bits per heavy atom. The van der Waals surface area contributed by atoms with E-state index in [4.69, 9.17) is 4.74 Å². The quantitative estimate of drug-likeness (QED) is 0.442. The monoisotopic (exact) mass is 554 g/mol. The molecule has 2 amide bonds. The van der Waals surface area contributed by atoms with Gasteiger partial charge in [0.25, 0.3) is 5.92 Å². The van der Waals surface area contributed by atoms with Crippen molar-refractivity contribution < 1.29 is 31.5 Å². The number of ether oxygens (including phenoxy) is 1. The molecule has 0 aromatic carbocycles. The van der Waals surface area contributed by atoms with Gasteiger partial charge in [-0.25, -0.2) is 13.6 Å². The number of piperidine rings is 1. The highest BCUT2D eigenvalue weighted by Crippen LogP contribution is 2.51. The largest absolute Gasteiger partial charge is 0.408 e. The second-order valence-electron chi connectivity index (χ2n) is 10.7. The molecule has 3 aromatic heterocycles. The van der Waals surface area contributed by atoms with Crippen LogP contribution in [-0.2, 0) is 11.3 Å². The Morgan fingerprint density at radius 2 is 1.95 bits per heavy atom. The average Bonchev–Trinajstić information content (AvgIpc) is 3.34. The molecule has 6 rings (SSSR count). The van der Waals surface area contributed by atoms with Crippen LogP contribution in [0.5, 0.6) is 0 Å². The van der Waals surface area contributed by atoms with Crippen LogP contribution in [0.3, 0.4) is 0 Å². The van der Waals surface area contributed by atoms with E-state index >= 15 is 0 Å². The molecule has 1 spiro atoms. The van der Waals surface area contributed by atoms with Crippen LogP contribution >= 0.6 is 0 Å². The number of fused-ring (bicyclic) bond motifs is 1. The predicted octanol–water partition coefficient (Wildman–Crippen LogP) is 4.26. The van der Waals surface area contributed by atoms with E-state index in [0.29, 0.717) is 43.7 Å². The fourth-order valence-electron chi connectivity index (χ4n) is 5.54. The van der Waals surface area contributed by atoms with E-state index in [-0.39, 0.29) is 41.4 Å². The number of methoxy groups -OCH3 is 1. The maximum Gasteiger partial charge on any atom is 0.408 e. The first-order valence-corrected chi connectivity index (χ1v) is 12.6. The number of alkyl halides is 5. The molecule has 39 heavy (non-hydrogen) atoms. The van der Waals surface area contributed by atoms with Gasteiger partial charge in [0, 0.05) is 44.3 Å². The third-order valence-corrected chi connectivity index (χ3v) is 7.73. The summed E-state index contributed by atoms with van der Waals surface area (Å²) in [6.07, 6.45) is -0.428. The molecule has 3 aromatic rings. The smallest absolute Gasteiger partial charge is 0.384 e. The van der Waals surface area contributed by atoms with Crippen molar-refractivity contribution in [1.82, 2.24) is 29.9 Å². The number of nitrogens with one attached hydrogen (secondary N) is 2. The Labute approximate surface area is 219 Å². The normalized spacial score (nSPS) is 20.5. The Morgan fingerprint density at radius 3 is 2.64 bits per heavy atom. The lowest BCUT2D eigenvalue weighted by Crippen LogP contribution is -2.54. The second kappa shape index (κ2) is 9.03. The maximum atomic E-state index is 14.1. The van der Waals surface area contributed by atoms with Gasteiger partial charge in [-0.2, -0.15) is 23.4 Å². The number of aromatic nitrogens is 5. The van der Waals surface area contributed by atoms with E-state index in [1.54, 1.807) is 7.11 Å². The minimum absolute atomic E-state index is 0.184. The molecule has 1 saturated carbocycles. The van der Waals surface area contributed by atoms with Crippen molar-refractivity contribution in [3.05, 3.63) is 18.5 Å². The molecule has 210 valence electrons. The minimum atomic E-state index is -4.50. The number of likely N-dealkylation sites (tertiary alicyclic amines) is 1. The van der Waals surface area contributed by atoms with Gasteiger partial charge in [0.2, 0.25) is 0 Å². The zero-order chi connectivity index (χ0) is 27.6. The number of anilines is 2. The SMILES string of the molecule is COCC1CN(c2nn(CC(F)(F)F)c3cc(-c4[nH]ncc4NC(=O)N4CC(F)(F)CCC45CC5)ncc23)C1. The molecule has 15 heteroatoms. The van der Waals surface area contributed by atoms with Gasteiger partial charge in [0.05, 0.1) is 41.6 Å². The summed E-state index contributed by atoms with van der Waals surface area (Å²) in [5.41, 5.74) is 0.304. The third kappa shape index (κ3) is 4.87. The third-order valence-electron chi connectivity index (χ3n) is 7.73. The Balaban J connectivity index is 1.29. The lowest BCUT2D eigenvalue weighted by molar-refractivity contribution is -0.141. The Hall–Kier alpha value is -3.49. The molecule has 2 N–H and O–H groups in total. The number of hydrogen-bond acceptors (Lipinski definition) is 6. The molecule has 10 nitrogen and oxygen atoms in total. The summed E-state index contributed by atoms with van der Waals surface area (Å²) in [5.74, 6) is -2.30. The van der Waals surface area contributed by atoms with Crippen molar-refractivity contribution in [1.29, 1.82) is 0 Å². The van der Waals surface area contributed by atoms with Gasteiger partial charge < -0.3 is 19.9 Å². The lowest BCUT2D eigenvalue weighted by Gasteiger charge is -2.40. The molecule has 0 radical (unpaired) electrons. The first kappa shape index (κ1) is 25.8. The van der Waals surface area contributed by atoms with Crippen molar-refractivity contribution in [2.24, 2.45) is 5.92 Å². The van der Waals surface area contributed by atoms with Gasteiger partial charge in [-0.3, -0.25) is 14.8 Å². The van der Waals surface area contributed by atoms with Crippen LogP contribution in [0.1, 0.15) is 25.7 Å². The summed E-state index contributed by atoms with van der Waals surface area (Å²) in [5, 5.41) is 14.0. The zero-order valence-corrected chi connectivity index (χ0v) is 21.1. The van der Waals surface area contributed by atoms with Crippen LogP contribution < -0.4 is 10.2 Å². The highest BCUT2D eigenvalue weighted by atomic mass is 19.4. The van der Waals surface area contributed by atoms with Gasteiger partial charge >= 0.3 is 12.2 Å². The Kier molecular flexibility index (Phi) is 5.97. The number of pyridine rings is 1. The van der Waals surface area contributed by atoms with Crippen LogP contribution in [0.25, 0.3) is 22.3 Å². The molecule has 0 atom stereocenters. The van der Waals surface area contributed by atoms with E-state index in [0.717, 1.165) is 4.68 Å². The van der Waals surface area contributed by atoms with E-state index in [1.807, 2.05) is 4.90 Å². The summed E-state index contributed by atoms with van der Waals surface area (Å²) in [4.78, 5) is 20.6. The average molecular weight is 555 g/mol. The fourth-order valence-corrected chi connectivity index (χ4v) is 5.54. The summed E-state index contributed by atoms with van der Waals surface area (Å²) >= 11 is 0. The molecule has 0 bridgehead atoms. The van der Waals surface area contributed by atoms with E-state index in [9.17, 15) is 26.7 Å². The highest BCUT2D eigenvalue weighted by molar-refractivity contribution is 5.96. The number of halogens is 5. The zero-order valence-electron chi connectivity index (χ0n) is 21.1. The van der Waals surface area contributed by atoms with Gasteiger partial charge in [-0.1, -0.05) is 0 Å². The van der Waals surface area contributed by atoms with Crippen LogP contribution in [0.2, 0.25) is 0 Å². The molecular weight excluding hydrogens is 527 g/mol. The molecule has 5 heterocycles. The van der Waals surface area contributed by atoms with Crippen molar-refractivity contribution in [2.45, 2.75) is 49.9 Å². The van der Waals surface area contributed by atoms with Crippen molar-refractivity contribution >= 4 is 28.4 Å². The van der Waals surface area contributed by atoms with Crippen molar-refractivity contribution in [2.75, 3.05) is 43.6 Å². The number of urea groups is 1. The molecule has 0 unspecified atom stereocenters. The second-order valence-corrected chi connectivity index (χ2v) is 10.7. The highest BCUT2D eigenvalue weighted by Gasteiger charge is 2.57. The van der Waals surface area contributed by atoms with E-state index in [1.165, 1.54) is 23.4 Å². The molecule has 1 aliphatic carbocycles. The van der Waals surface area contributed by atoms with Gasteiger partial charge in [0.15, 0.2) is 5.82 Å². The van der Waals surface area contributed by atoms with E-state index < -0.39 is 36.8 Å². The molecule has 2 saturated heterocycles. The minimum Gasteiger partial charge on any atom is -0.384 e. The number of aromatic amines is 1. The van der Waals surface area contributed by atoms with Crippen LogP contribution in [-0.4, -0.2) is 86.9 Å². The number of hydrogen-bond donors (Lipinski definition) is 2. The van der Waals surface area contributed by atoms with Crippen LogP contribution in [0.4, 0.5) is 38.3 Å². The first-order valence-electron chi connectivity index (χ1n) is 12.6. The number of H-pyrrole nitrogens is 1. The number of rotatable bonds is 6. The topological polar surface area (TPSA) is 104 Å². The lowest BCUT2D eigenvalue weighted by atomic mass is 9.97. The number of amides is 2. The molecule has 3 aliphatic rings. The molecule has 3 fully saturated rings. The standard InChI is InChI=1S/C24H27F5N8O2/c1-39-11-14-9-35(10-14)20-15-7-30-16(6-18(15)37(34-20)13-24(27,28)29)19-17(8-31-33-19)32-21(38)36-12-23(25,26)5-4-22(36)2-3-22/h6-8,14H,2-5,9-13H2,1H3,(H,31,33)(H,32,38).